The fraction of sp³-hybridized carbons (Fsp3) is 0.438. The van der Waals surface area contributed by atoms with Crippen molar-refractivity contribution in [2.24, 2.45) is 5.92 Å². The Bertz CT molecular complexity index is 575. The number of hydrogen-bond acceptors (Lipinski definition) is 5. The number of nitrogens with zero attached hydrogens (tertiary/aromatic N) is 3. The Morgan fingerprint density at radius 2 is 1.86 bits per heavy atom. The molecular weight excluding hydrogens is 262 g/mol. The zero-order valence-electron chi connectivity index (χ0n) is 13.1. The summed E-state index contributed by atoms with van der Waals surface area (Å²) in [6, 6.07) is 6.17. The topological polar surface area (TPSA) is 62.7 Å². The largest absolute Gasteiger partial charge is 0.369 e. The lowest BCUT2D eigenvalue weighted by Crippen LogP contribution is -2.09. The highest BCUT2D eigenvalue weighted by molar-refractivity contribution is 5.62. The minimum atomic E-state index is 0.516. The van der Waals surface area contributed by atoms with Crippen molar-refractivity contribution in [1.82, 2.24) is 15.2 Å². The number of nitrogens with one attached hydrogen (secondary N) is 2. The van der Waals surface area contributed by atoms with E-state index in [0.29, 0.717) is 11.9 Å². The van der Waals surface area contributed by atoms with Crippen LogP contribution in [0.25, 0.3) is 0 Å². The first kappa shape index (κ1) is 15.2. The summed E-state index contributed by atoms with van der Waals surface area (Å²) in [4.78, 5) is 4.45. The number of hydrogen-bond donors (Lipinski definition) is 2. The first-order chi connectivity index (χ1) is 10.1. The molecule has 0 fully saturated rings. The van der Waals surface area contributed by atoms with Crippen molar-refractivity contribution in [2.75, 3.05) is 17.2 Å². The predicted molar refractivity (Wildman–Crippen MR) is 87.0 cm³/mol. The number of aryl methyl sites for hydroxylation is 2. The van der Waals surface area contributed by atoms with Crippen molar-refractivity contribution >= 4 is 17.5 Å². The molecule has 2 aromatic rings. The monoisotopic (exact) mass is 285 g/mol. The minimum absolute atomic E-state index is 0.516. The van der Waals surface area contributed by atoms with Crippen LogP contribution < -0.4 is 10.6 Å². The third-order valence-electron chi connectivity index (χ3n) is 3.30. The summed E-state index contributed by atoms with van der Waals surface area (Å²) in [6.07, 6.45) is 2.75. The Morgan fingerprint density at radius 3 is 2.52 bits per heavy atom. The molecule has 1 aromatic heterocycles. The lowest BCUT2D eigenvalue weighted by atomic mass is 10.1. The van der Waals surface area contributed by atoms with E-state index in [1.807, 2.05) is 6.07 Å². The molecule has 0 unspecified atom stereocenters. The molecule has 5 heteroatoms. The van der Waals surface area contributed by atoms with Crippen LogP contribution in [0.4, 0.5) is 17.5 Å². The summed E-state index contributed by atoms with van der Waals surface area (Å²) in [5.41, 5.74) is 3.37. The van der Waals surface area contributed by atoms with Crippen LogP contribution in [0.1, 0.15) is 31.4 Å². The summed E-state index contributed by atoms with van der Waals surface area (Å²) in [5, 5.41) is 14.6. The number of anilines is 3. The maximum atomic E-state index is 4.45. The molecule has 5 nitrogen and oxygen atoms in total. The molecule has 0 bridgehead atoms. The molecular formula is C16H23N5. The molecule has 0 aliphatic heterocycles. The maximum absolute atomic E-state index is 4.45. The molecule has 0 amide bonds. The fourth-order valence-electron chi connectivity index (χ4n) is 2.05. The van der Waals surface area contributed by atoms with E-state index in [2.05, 4.69) is 65.6 Å². The zero-order chi connectivity index (χ0) is 15.2. The third-order valence-corrected chi connectivity index (χ3v) is 3.30. The molecule has 1 aromatic carbocycles. The van der Waals surface area contributed by atoms with Crippen LogP contribution in [0.5, 0.6) is 0 Å². The van der Waals surface area contributed by atoms with Crippen LogP contribution in [0, 0.1) is 19.8 Å². The van der Waals surface area contributed by atoms with Gasteiger partial charge in [0.15, 0.2) is 5.82 Å². The Morgan fingerprint density at radius 1 is 1.14 bits per heavy atom. The number of benzene rings is 1. The molecule has 0 spiro atoms. The highest BCUT2D eigenvalue weighted by Crippen LogP contribution is 2.22. The van der Waals surface area contributed by atoms with Crippen molar-refractivity contribution in [3.05, 3.63) is 35.5 Å². The maximum Gasteiger partial charge on any atom is 0.249 e. The van der Waals surface area contributed by atoms with E-state index in [1.165, 1.54) is 0 Å². The number of rotatable bonds is 6. The van der Waals surface area contributed by atoms with Crippen molar-refractivity contribution < 1.29 is 0 Å². The summed E-state index contributed by atoms with van der Waals surface area (Å²) >= 11 is 0. The predicted octanol–water partition coefficient (Wildman–Crippen LogP) is 3.69. The van der Waals surface area contributed by atoms with Gasteiger partial charge in [-0.25, -0.2) is 0 Å². The Hall–Kier alpha value is -2.17. The normalized spacial score (nSPS) is 10.7. The van der Waals surface area contributed by atoms with Gasteiger partial charge in [0, 0.05) is 12.2 Å². The van der Waals surface area contributed by atoms with Gasteiger partial charge >= 0.3 is 0 Å². The second-order valence-electron chi connectivity index (χ2n) is 5.67. The Balaban J connectivity index is 2.07. The van der Waals surface area contributed by atoms with Gasteiger partial charge in [-0.15, -0.1) is 5.10 Å². The van der Waals surface area contributed by atoms with Crippen LogP contribution in [0.2, 0.25) is 0 Å². The van der Waals surface area contributed by atoms with Gasteiger partial charge in [-0.05, 0) is 37.3 Å². The van der Waals surface area contributed by atoms with Crippen LogP contribution in [0.15, 0.2) is 24.4 Å². The number of para-hydroxylation sites is 1. The highest BCUT2D eigenvalue weighted by Gasteiger charge is 2.06. The van der Waals surface area contributed by atoms with Gasteiger partial charge in [0.1, 0.15) is 0 Å². The first-order valence-corrected chi connectivity index (χ1v) is 7.33. The quantitative estimate of drug-likeness (QED) is 0.847. The van der Waals surface area contributed by atoms with E-state index in [1.54, 1.807) is 6.20 Å². The fourth-order valence-corrected chi connectivity index (χ4v) is 2.05. The molecule has 0 saturated heterocycles. The molecule has 0 saturated carbocycles. The average molecular weight is 285 g/mol. The van der Waals surface area contributed by atoms with E-state index < -0.39 is 0 Å². The molecule has 0 atom stereocenters. The minimum Gasteiger partial charge on any atom is -0.369 e. The van der Waals surface area contributed by atoms with Gasteiger partial charge in [-0.2, -0.15) is 10.1 Å². The Labute approximate surface area is 126 Å². The van der Waals surface area contributed by atoms with Crippen LogP contribution in [0.3, 0.4) is 0 Å². The molecule has 0 radical (unpaired) electrons. The van der Waals surface area contributed by atoms with Gasteiger partial charge in [0.25, 0.3) is 0 Å². The van der Waals surface area contributed by atoms with Crippen molar-refractivity contribution in [3.8, 4) is 0 Å². The summed E-state index contributed by atoms with van der Waals surface area (Å²) in [7, 11) is 0. The molecule has 0 aliphatic carbocycles. The first-order valence-electron chi connectivity index (χ1n) is 7.33. The van der Waals surface area contributed by atoms with Gasteiger partial charge in [0.2, 0.25) is 5.95 Å². The average Bonchev–Trinajstić information content (AvgIpc) is 2.43. The second-order valence-corrected chi connectivity index (χ2v) is 5.67. The molecule has 112 valence electrons. The lowest BCUT2D eigenvalue weighted by Gasteiger charge is -2.12. The van der Waals surface area contributed by atoms with Crippen molar-refractivity contribution in [3.63, 3.8) is 0 Å². The molecule has 21 heavy (non-hydrogen) atoms. The third kappa shape index (κ3) is 4.41. The van der Waals surface area contributed by atoms with Gasteiger partial charge in [0.05, 0.1) is 6.20 Å². The molecule has 2 rings (SSSR count). The van der Waals surface area contributed by atoms with E-state index in [4.69, 9.17) is 0 Å². The summed E-state index contributed by atoms with van der Waals surface area (Å²) < 4.78 is 0. The van der Waals surface area contributed by atoms with Gasteiger partial charge in [-0.3, -0.25) is 0 Å². The van der Waals surface area contributed by atoms with E-state index in [9.17, 15) is 0 Å². The molecule has 0 aliphatic rings. The zero-order valence-corrected chi connectivity index (χ0v) is 13.1. The molecule has 2 N–H and O–H groups in total. The lowest BCUT2D eigenvalue weighted by molar-refractivity contribution is 0.606. The van der Waals surface area contributed by atoms with E-state index in [-0.39, 0.29) is 0 Å². The van der Waals surface area contributed by atoms with Gasteiger partial charge in [-0.1, -0.05) is 32.0 Å². The van der Waals surface area contributed by atoms with E-state index >= 15 is 0 Å². The number of aromatic nitrogens is 3. The van der Waals surface area contributed by atoms with Gasteiger partial charge < -0.3 is 10.6 Å². The van der Waals surface area contributed by atoms with E-state index in [0.717, 1.165) is 35.6 Å². The van der Waals surface area contributed by atoms with Crippen LogP contribution in [-0.4, -0.2) is 21.7 Å². The SMILES string of the molecule is Cc1cccc(C)c1Nc1nncc(NCCC(C)C)n1. The Kier molecular flexibility index (Phi) is 5.09. The summed E-state index contributed by atoms with van der Waals surface area (Å²) in [6.45, 7) is 9.42. The van der Waals surface area contributed by atoms with Crippen molar-refractivity contribution in [2.45, 2.75) is 34.1 Å². The highest BCUT2D eigenvalue weighted by atomic mass is 15.3. The van der Waals surface area contributed by atoms with Crippen LogP contribution >= 0.6 is 0 Å². The standard InChI is InChI=1S/C16H23N5/c1-11(2)8-9-17-14-10-18-21-16(19-14)20-15-12(3)6-5-7-13(15)4/h5-7,10-11H,8-9H2,1-4H3,(H2,17,19,20,21). The second kappa shape index (κ2) is 7.02. The van der Waals surface area contributed by atoms with Crippen LogP contribution in [-0.2, 0) is 0 Å². The van der Waals surface area contributed by atoms with Crippen molar-refractivity contribution in [1.29, 1.82) is 0 Å². The molecule has 1 heterocycles. The summed E-state index contributed by atoms with van der Waals surface area (Å²) in [5.74, 6) is 1.93. The smallest absolute Gasteiger partial charge is 0.249 e.